The molecular weight excluding hydrogens is 340 g/mol. The molecule has 26 heavy (non-hydrogen) atoms. The van der Waals surface area contributed by atoms with E-state index in [2.05, 4.69) is 48.0 Å². The van der Waals surface area contributed by atoms with E-state index in [0.717, 1.165) is 24.1 Å². The number of thiophene rings is 1. The highest BCUT2D eigenvalue weighted by molar-refractivity contribution is 7.07. The monoisotopic (exact) mass is 364 g/mol. The molecule has 2 aromatic carbocycles. The summed E-state index contributed by atoms with van der Waals surface area (Å²) < 4.78 is 0. The van der Waals surface area contributed by atoms with Crippen LogP contribution in [-0.2, 0) is 6.54 Å². The first kappa shape index (κ1) is 18.2. The number of hydrogen-bond donors (Lipinski definition) is 1. The molecule has 4 heteroatoms. The predicted octanol–water partition coefficient (Wildman–Crippen LogP) is 5.46. The Hall–Kier alpha value is -2.59. The maximum atomic E-state index is 13.0. The minimum absolute atomic E-state index is 0.0317. The molecule has 0 fully saturated rings. The molecular formula is C22H24N2OS. The third-order valence-electron chi connectivity index (χ3n) is 4.27. The summed E-state index contributed by atoms with van der Waals surface area (Å²) in [6.45, 7) is 3.47. The van der Waals surface area contributed by atoms with Gasteiger partial charge in [0, 0.05) is 13.1 Å². The van der Waals surface area contributed by atoms with E-state index in [1.54, 1.807) is 11.3 Å². The lowest BCUT2D eigenvalue weighted by Gasteiger charge is -2.27. The van der Waals surface area contributed by atoms with Crippen molar-refractivity contribution in [1.82, 2.24) is 10.2 Å². The van der Waals surface area contributed by atoms with Crippen molar-refractivity contribution in [2.75, 3.05) is 6.54 Å². The van der Waals surface area contributed by atoms with Crippen LogP contribution in [0.3, 0.4) is 0 Å². The molecule has 3 nitrogen and oxygen atoms in total. The number of carbonyl (C=O) groups excluding carboxylic acids is 1. The van der Waals surface area contributed by atoms with Gasteiger partial charge in [-0.2, -0.15) is 11.3 Å². The fourth-order valence-electron chi connectivity index (χ4n) is 2.99. The van der Waals surface area contributed by atoms with Crippen molar-refractivity contribution >= 4 is 17.4 Å². The van der Waals surface area contributed by atoms with Gasteiger partial charge in [0.25, 0.3) is 0 Å². The van der Waals surface area contributed by atoms with E-state index >= 15 is 0 Å². The van der Waals surface area contributed by atoms with Gasteiger partial charge >= 0.3 is 6.03 Å². The average molecular weight is 365 g/mol. The van der Waals surface area contributed by atoms with Gasteiger partial charge in [0.1, 0.15) is 0 Å². The lowest BCUT2D eigenvalue weighted by atomic mass is 9.99. The molecule has 0 spiro atoms. The second-order valence-electron chi connectivity index (χ2n) is 6.26. The molecule has 134 valence electrons. The summed E-state index contributed by atoms with van der Waals surface area (Å²) in [5.41, 5.74) is 3.34. The van der Waals surface area contributed by atoms with E-state index in [1.807, 2.05) is 46.7 Å². The van der Waals surface area contributed by atoms with E-state index < -0.39 is 0 Å². The molecule has 1 N–H and O–H groups in total. The molecule has 1 aromatic heterocycles. The fraction of sp³-hybridized carbons (Fsp3) is 0.227. The van der Waals surface area contributed by atoms with E-state index in [4.69, 9.17) is 0 Å². The third kappa shape index (κ3) is 4.73. The van der Waals surface area contributed by atoms with Crippen molar-refractivity contribution in [3.05, 3.63) is 94.2 Å². The number of benzene rings is 2. The summed E-state index contributed by atoms with van der Waals surface area (Å²) in [5.74, 6) is 0. The molecule has 0 atom stereocenters. The number of urea groups is 1. The molecule has 0 bridgehead atoms. The number of carbonyl (C=O) groups is 1. The van der Waals surface area contributed by atoms with Crippen LogP contribution in [0.15, 0.2) is 77.5 Å². The summed E-state index contributed by atoms with van der Waals surface area (Å²) in [6.07, 6.45) is 0.929. The highest BCUT2D eigenvalue weighted by Crippen LogP contribution is 2.22. The summed E-state index contributed by atoms with van der Waals surface area (Å²) in [6, 6.07) is 22.1. The van der Waals surface area contributed by atoms with Crippen molar-refractivity contribution in [1.29, 1.82) is 0 Å². The Morgan fingerprint density at radius 3 is 2.12 bits per heavy atom. The van der Waals surface area contributed by atoms with Gasteiger partial charge in [0.05, 0.1) is 6.04 Å². The molecule has 0 radical (unpaired) electrons. The van der Waals surface area contributed by atoms with Gasteiger partial charge in [-0.3, -0.25) is 0 Å². The SMILES string of the molecule is CCCN(Cc1ccsc1)C(=O)NC(c1ccccc1)c1ccccc1. The molecule has 0 saturated carbocycles. The first-order valence-electron chi connectivity index (χ1n) is 8.94. The van der Waals surface area contributed by atoms with Crippen LogP contribution in [0.1, 0.15) is 36.1 Å². The maximum absolute atomic E-state index is 13.0. The first-order chi connectivity index (χ1) is 12.8. The fourth-order valence-corrected chi connectivity index (χ4v) is 3.65. The minimum Gasteiger partial charge on any atom is -0.327 e. The van der Waals surface area contributed by atoms with Crippen molar-refractivity contribution < 1.29 is 4.79 Å². The second kappa shape index (κ2) is 9.20. The third-order valence-corrected chi connectivity index (χ3v) is 5.00. The lowest BCUT2D eigenvalue weighted by molar-refractivity contribution is 0.192. The zero-order valence-electron chi connectivity index (χ0n) is 15.0. The Balaban J connectivity index is 1.81. The number of rotatable bonds is 7. The van der Waals surface area contributed by atoms with E-state index in [0.29, 0.717) is 6.54 Å². The van der Waals surface area contributed by atoms with Gasteiger partial charge < -0.3 is 10.2 Å². The molecule has 3 aromatic rings. The van der Waals surface area contributed by atoms with Crippen LogP contribution >= 0.6 is 11.3 Å². The number of amides is 2. The van der Waals surface area contributed by atoms with Crippen molar-refractivity contribution in [3.63, 3.8) is 0 Å². The molecule has 3 rings (SSSR count). The van der Waals surface area contributed by atoms with Crippen LogP contribution in [0.5, 0.6) is 0 Å². The van der Waals surface area contributed by atoms with E-state index in [-0.39, 0.29) is 12.1 Å². The Morgan fingerprint density at radius 2 is 1.62 bits per heavy atom. The zero-order chi connectivity index (χ0) is 18.2. The van der Waals surface area contributed by atoms with Crippen molar-refractivity contribution in [2.24, 2.45) is 0 Å². The van der Waals surface area contributed by atoms with Crippen LogP contribution in [-0.4, -0.2) is 17.5 Å². The Labute approximate surface area is 159 Å². The smallest absolute Gasteiger partial charge is 0.318 e. The van der Waals surface area contributed by atoms with Gasteiger partial charge in [0.15, 0.2) is 0 Å². The van der Waals surface area contributed by atoms with E-state index in [9.17, 15) is 4.79 Å². The van der Waals surface area contributed by atoms with Gasteiger partial charge in [-0.25, -0.2) is 4.79 Å². The largest absolute Gasteiger partial charge is 0.327 e. The molecule has 0 unspecified atom stereocenters. The van der Waals surface area contributed by atoms with E-state index in [1.165, 1.54) is 5.56 Å². The van der Waals surface area contributed by atoms with Gasteiger partial charge in [-0.1, -0.05) is 67.6 Å². The summed E-state index contributed by atoms with van der Waals surface area (Å²) in [4.78, 5) is 14.9. The highest BCUT2D eigenvalue weighted by atomic mass is 32.1. The van der Waals surface area contributed by atoms with Gasteiger partial charge in [0.2, 0.25) is 0 Å². The summed E-state index contributed by atoms with van der Waals surface area (Å²) in [5, 5.41) is 7.39. The van der Waals surface area contributed by atoms with Crippen LogP contribution in [0, 0.1) is 0 Å². The maximum Gasteiger partial charge on any atom is 0.318 e. The Kier molecular flexibility index (Phi) is 6.45. The molecule has 0 aliphatic carbocycles. The van der Waals surface area contributed by atoms with Crippen LogP contribution in [0.2, 0.25) is 0 Å². The number of hydrogen-bond acceptors (Lipinski definition) is 2. The molecule has 1 heterocycles. The quantitative estimate of drug-likeness (QED) is 0.593. The van der Waals surface area contributed by atoms with Gasteiger partial charge in [-0.05, 0) is 39.9 Å². The lowest BCUT2D eigenvalue weighted by Crippen LogP contribution is -2.42. The Bertz CT molecular complexity index is 748. The summed E-state index contributed by atoms with van der Waals surface area (Å²) >= 11 is 1.66. The Morgan fingerprint density at radius 1 is 1.00 bits per heavy atom. The topological polar surface area (TPSA) is 32.3 Å². The molecule has 0 saturated heterocycles. The number of nitrogens with one attached hydrogen (secondary N) is 1. The van der Waals surface area contributed by atoms with Crippen molar-refractivity contribution in [2.45, 2.75) is 25.9 Å². The highest BCUT2D eigenvalue weighted by Gasteiger charge is 2.20. The number of nitrogens with zero attached hydrogens (tertiary/aromatic N) is 1. The minimum atomic E-state index is -0.160. The first-order valence-corrected chi connectivity index (χ1v) is 9.88. The predicted molar refractivity (Wildman–Crippen MR) is 108 cm³/mol. The molecule has 0 aliphatic heterocycles. The summed E-state index contributed by atoms with van der Waals surface area (Å²) in [7, 11) is 0. The molecule has 2 amide bonds. The second-order valence-corrected chi connectivity index (χ2v) is 7.04. The molecule has 0 aliphatic rings. The van der Waals surface area contributed by atoms with Crippen molar-refractivity contribution in [3.8, 4) is 0 Å². The standard InChI is InChI=1S/C22H24N2OS/c1-2-14-24(16-18-13-15-26-17-18)22(25)23-21(19-9-5-3-6-10-19)20-11-7-4-8-12-20/h3-13,15,17,21H,2,14,16H2,1H3,(H,23,25). The van der Waals surface area contributed by atoms with Crippen LogP contribution in [0.4, 0.5) is 4.79 Å². The van der Waals surface area contributed by atoms with Gasteiger partial charge in [-0.15, -0.1) is 0 Å². The normalized spacial score (nSPS) is 10.7. The zero-order valence-corrected chi connectivity index (χ0v) is 15.8. The van der Waals surface area contributed by atoms with Crippen LogP contribution in [0.25, 0.3) is 0 Å². The average Bonchev–Trinajstić information content (AvgIpc) is 3.20. The van der Waals surface area contributed by atoms with Crippen LogP contribution < -0.4 is 5.32 Å².